The quantitative estimate of drug-likeness (QED) is 0.906. The number of carbonyl (C=O) groups excluding carboxylic acids is 1. The molecule has 1 aromatic heterocycles. The van der Waals surface area contributed by atoms with Crippen molar-refractivity contribution in [3.8, 4) is 11.3 Å². The number of likely N-dealkylation sites (tertiary alicyclic amines) is 1. The average Bonchev–Trinajstić information content (AvgIpc) is 3.26. The number of hydrogen-bond donors (Lipinski definition) is 1. The predicted octanol–water partition coefficient (Wildman–Crippen LogP) is 3.05. The highest BCUT2D eigenvalue weighted by molar-refractivity contribution is 7.09. The van der Waals surface area contributed by atoms with Gasteiger partial charge in [0.1, 0.15) is 10.8 Å². The monoisotopic (exact) mass is 345 g/mol. The first-order valence-corrected chi connectivity index (χ1v) is 9.13. The van der Waals surface area contributed by atoms with Crippen LogP contribution >= 0.6 is 11.3 Å². The Morgan fingerprint density at radius 3 is 2.96 bits per heavy atom. The fourth-order valence-corrected chi connectivity index (χ4v) is 4.08. The number of rotatable bonds is 5. The average molecular weight is 345 g/mol. The molecule has 2 heterocycles. The highest BCUT2D eigenvalue weighted by atomic mass is 32.1. The minimum absolute atomic E-state index is 0.109. The van der Waals surface area contributed by atoms with Crippen LogP contribution in [0.4, 0.5) is 4.39 Å². The number of carbonyl (C=O) groups is 1. The number of hydrogen-bond acceptors (Lipinski definition) is 4. The molecule has 0 bridgehead atoms. The van der Waals surface area contributed by atoms with Gasteiger partial charge >= 0.3 is 0 Å². The molecule has 1 amide bonds. The van der Waals surface area contributed by atoms with Gasteiger partial charge in [0.15, 0.2) is 0 Å². The maximum atomic E-state index is 13.3. The topological polar surface area (TPSA) is 45.2 Å². The van der Waals surface area contributed by atoms with E-state index in [1.54, 1.807) is 17.4 Å². The van der Waals surface area contributed by atoms with Gasteiger partial charge in [-0.1, -0.05) is 12.1 Å². The van der Waals surface area contributed by atoms with Gasteiger partial charge in [0.2, 0.25) is 5.91 Å². The van der Waals surface area contributed by atoms with Crippen molar-refractivity contribution >= 4 is 17.2 Å². The zero-order valence-electron chi connectivity index (χ0n) is 13.6. The molecule has 2 aliphatic rings. The molecule has 1 aromatic carbocycles. The Morgan fingerprint density at radius 2 is 2.25 bits per heavy atom. The van der Waals surface area contributed by atoms with E-state index in [9.17, 15) is 9.18 Å². The van der Waals surface area contributed by atoms with E-state index in [4.69, 9.17) is 0 Å². The molecule has 0 atom stereocenters. The van der Waals surface area contributed by atoms with E-state index in [-0.39, 0.29) is 23.2 Å². The van der Waals surface area contributed by atoms with Crippen LogP contribution in [-0.2, 0) is 11.3 Å². The van der Waals surface area contributed by atoms with Gasteiger partial charge in [0.05, 0.1) is 17.8 Å². The molecule has 1 aliphatic heterocycles. The zero-order valence-corrected chi connectivity index (χ0v) is 14.4. The highest BCUT2D eigenvalue weighted by Crippen LogP contribution is 2.31. The van der Waals surface area contributed by atoms with E-state index in [0.717, 1.165) is 48.7 Å². The van der Waals surface area contributed by atoms with Crippen LogP contribution in [0, 0.1) is 11.7 Å². The summed E-state index contributed by atoms with van der Waals surface area (Å²) in [7, 11) is 0. The Labute approximate surface area is 144 Å². The number of benzene rings is 1. The lowest BCUT2D eigenvalue weighted by molar-refractivity contribution is -0.126. The van der Waals surface area contributed by atoms with Crippen molar-refractivity contribution in [3.63, 3.8) is 0 Å². The Morgan fingerprint density at radius 1 is 1.46 bits per heavy atom. The third kappa shape index (κ3) is 3.35. The summed E-state index contributed by atoms with van der Waals surface area (Å²) in [5, 5.41) is 6.16. The predicted molar refractivity (Wildman–Crippen MR) is 92.1 cm³/mol. The van der Waals surface area contributed by atoms with Crippen LogP contribution in [0.25, 0.3) is 11.3 Å². The molecule has 2 fully saturated rings. The minimum Gasteiger partial charge on any atom is -0.348 e. The third-order valence-corrected chi connectivity index (χ3v) is 5.38. The van der Waals surface area contributed by atoms with Crippen LogP contribution in [0.5, 0.6) is 0 Å². The number of thiazole rings is 1. The van der Waals surface area contributed by atoms with Crippen molar-refractivity contribution in [1.82, 2.24) is 15.2 Å². The van der Waals surface area contributed by atoms with E-state index < -0.39 is 0 Å². The van der Waals surface area contributed by atoms with Gasteiger partial charge in [-0.3, -0.25) is 9.69 Å². The summed E-state index contributed by atoms with van der Waals surface area (Å²) in [6.45, 7) is 4.57. The smallest absolute Gasteiger partial charge is 0.223 e. The summed E-state index contributed by atoms with van der Waals surface area (Å²) in [5.74, 6) is 0.218. The molecule has 1 saturated heterocycles. The Balaban J connectivity index is 1.33. The van der Waals surface area contributed by atoms with Crippen molar-refractivity contribution in [2.24, 2.45) is 5.92 Å². The molecule has 0 radical (unpaired) electrons. The molecule has 4 nitrogen and oxygen atoms in total. The van der Waals surface area contributed by atoms with Crippen LogP contribution < -0.4 is 5.32 Å². The molecular formula is C18H20FN3OS. The lowest BCUT2D eigenvalue weighted by atomic mass is 9.92. The SMILES string of the molecule is CC1(NC(=O)C2CC2)CN(Cc2nc(-c3cccc(F)c3)cs2)C1. The van der Waals surface area contributed by atoms with Crippen molar-refractivity contribution in [3.05, 3.63) is 40.5 Å². The van der Waals surface area contributed by atoms with Gasteiger partial charge in [-0.05, 0) is 31.9 Å². The summed E-state index contributed by atoms with van der Waals surface area (Å²) >= 11 is 1.59. The van der Waals surface area contributed by atoms with E-state index >= 15 is 0 Å². The number of amides is 1. The molecule has 1 saturated carbocycles. The van der Waals surface area contributed by atoms with Gasteiger partial charge in [-0.15, -0.1) is 11.3 Å². The van der Waals surface area contributed by atoms with Crippen molar-refractivity contribution in [1.29, 1.82) is 0 Å². The third-order valence-electron chi connectivity index (χ3n) is 4.55. The lowest BCUT2D eigenvalue weighted by Crippen LogP contribution is -2.68. The Bertz CT molecular complexity index is 765. The minimum atomic E-state index is -0.244. The normalized spacial score (nSPS) is 19.8. The molecule has 0 unspecified atom stereocenters. The Hall–Kier alpha value is -1.79. The van der Waals surface area contributed by atoms with Crippen LogP contribution in [-0.4, -0.2) is 34.4 Å². The first-order valence-electron chi connectivity index (χ1n) is 8.25. The van der Waals surface area contributed by atoms with Gasteiger partial charge in [0, 0.05) is 30.0 Å². The summed E-state index contributed by atoms with van der Waals surface area (Å²) in [6, 6.07) is 6.52. The molecular weight excluding hydrogens is 325 g/mol. The standard InChI is InChI=1S/C18H20FN3OS/c1-18(21-17(23)12-5-6-12)10-22(11-18)8-16-20-15(9-24-16)13-3-2-4-14(19)7-13/h2-4,7,9,12H,5-6,8,10-11H2,1H3,(H,21,23). The van der Waals surface area contributed by atoms with Crippen molar-refractivity contribution in [2.75, 3.05) is 13.1 Å². The molecule has 24 heavy (non-hydrogen) atoms. The van der Waals surface area contributed by atoms with Gasteiger partial charge in [-0.25, -0.2) is 9.37 Å². The molecule has 0 spiro atoms. The highest BCUT2D eigenvalue weighted by Gasteiger charge is 2.42. The van der Waals surface area contributed by atoms with Crippen LogP contribution in [0.3, 0.4) is 0 Å². The van der Waals surface area contributed by atoms with E-state index in [2.05, 4.69) is 22.1 Å². The van der Waals surface area contributed by atoms with Crippen molar-refractivity contribution < 1.29 is 9.18 Å². The number of halogens is 1. The van der Waals surface area contributed by atoms with E-state index in [1.165, 1.54) is 12.1 Å². The van der Waals surface area contributed by atoms with Gasteiger partial charge in [0.25, 0.3) is 0 Å². The van der Waals surface area contributed by atoms with Crippen LogP contribution in [0.15, 0.2) is 29.6 Å². The lowest BCUT2D eigenvalue weighted by Gasteiger charge is -2.48. The summed E-state index contributed by atoms with van der Waals surface area (Å²) in [5.41, 5.74) is 1.52. The zero-order chi connectivity index (χ0) is 16.7. The molecule has 6 heteroatoms. The summed E-state index contributed by atoms with van der Waals surface area (Å²) < 4.78 is 13.3. The summed E-state index contributed by atoms with van der Waals surface area (Å²) in [4.78, 5) is 18.8. The van der Waals surface area contributed by atoms with E-state index in [1.807, 2.05) is 11.4 Å². The number of aromatic nitrogens is 1. The first kappa shape index (κ1) is 15.7. The second-order valence-corrected chi connectivity index (χ2v) is 8.05. The van der Waals surface area contributed by atoms with E-state index in [0.29, 0.717) is 0 Å². The molecule has 126 valence electrons. The first-order chi connectivity index (χ1) is 11.5. The largest absolute Gasteiger partial charge is 0.348 e. The van der Waals surface area contributed by atoms with Gasteiger partial charge in [-0.2, -0.15) is 0 Å². The maximum Gasteiger partial charge on any atom is 0.223 e. The molecule has 4 rings (SSSR count). The second-order valence-electron chi connectivity index (χ2n) is 7.11. The number of nitrogens with one attached hydrogen (secondary N) is 1. The molecule has 2 aromatic rings. The van der Waals surface area contributed by atoms with Crippen LogP contribution in [0.2, 0.25) is 0 Å². The molecule has 1 aliphatic carbocycles. The molecule has 1 N–H and O–H groups in total. The number of nitrogens with zero attached hydrogens (tertiary/aromatic N) is 2. The second kappa shape index (κ2) is 5.93. The summed E-state index contributed by atoms with van der Waals surface area (Å²) in [6.07, 6.45) is 2.07. The van der Waals surface area contributed by atoms with Crippen LogP contribution in [0.1, 0.15) is 24.8 Å². The Kier molecular flexibility index (Phi) is 3.89. The van der Waals surface area contributed by atoms with Crippen molar-refractivity contribution in [2.45, 2.75) is 31.8 Å². The van der Waals surface area contributed by atoms with Gasteiger partial charge < -0.3 is 5.32 Å². The fourth-order valence-electron chi connectivity index (χ4n) is 3.23. The fraction of sp³-hybridized carbons (Fsp3) is 0.444. The maximum absolute atomic E-state index is 13.3.